The molecule has 0 saturated heterocycles. The Morgan fingerprint density at radius 3 is 1.07 bits per heavy atom. The molecule has 0 N–H and O–H groups in total. The van der Waals surface area contributed by atoms with Crippen LogP contribution >= 0.6 is 0 Å². The zero-order valence-electron chi connectivity index (χ0n) is 31.3. The van der Waals surface area contributed by atoms with E-state index in [1.54, 1.807) is 0 Å². The van der Waals surface area contributed by atoms with Crippen molar-refractivity contribution in [2.75, 3.05) is 0 Å². The minimum atomic E-state index is 0.844. The number of para-hydroxylation sites is 2. The molecule has 58 heavy (non-hydrogen) atoms. The van der Waals surface area contributed by atoms with Crippen molar-refractivity contribution in [2.24, 2.45) is 0 Å². The Labute approximate surface area is 332 Å². The van der Waals surface area contributed by atoms with Crippen LogP contribution in [0.5, 0.6) is 0 Å². The Hall–Kier alpha value is -7.68. The number of benzene rings is 11. The lowest BCUT2D eigenvalue weighted by molar-refractivity contribution is 0.658. The lowest BCUT2D eigenvalue weighted by atomic mass is 9.84. The van der Waals surface area contributed by atoms with Crippen molar-refractivity contribution >= 4 is 97.7 Å². The van der Waals surface area contributed by atoms with Crippen LogP contribution in [0.15, 0.2) is 203 Å². The summed E-state index contributed by atoms with van der Waals surface area (Å²) < 4.78 is 13.6. The summed E-state index contributed by atoms with van der Waals surface area (Å²) >= 11 is 0. The Bertz CT molecular complexity index is 3660. The maximum Gasteiger partial charge on any atom is 0.147 e. The van der Waals surface area contributed by atoms with Gasteiger partial charge in [-0.25, -0.2) is 0 Å². The molecule has 2 aromatic heterocycles. The summed E-state index contributed by atoms with van der Waals surface area (Å²) in [5, 5.41) is 16.8. The van der Waals surface area contributed by atoms with Crippen LogP contribution in [0.2, 0.25) is 0 Å². The minimum absolute atomic E-state index is 0.844. The highest BCUT2D eigenvalue weighted by atomic mass is 16.3. The largest absolute Gasteiger partial charge is 0.455 e. The van der Waals surface area contributed by atoms with Gasteiger partial charge in [-0.15, -0.1) is 0 Å². The first-order valence-corrected chi connectivity index (χ1v) is 19.9. The first kappa shape index (κ1) is 31.5. The van der Waals surface area contributed by atoms with Crippen LogP contribution in [0.3, 0.4) is 0 Å². The Balaban J connectivity index is 1.05. The Morgan fingerprint density at radius 2 is 0.569 bits per heavy atom. The zero-order chi connectivity index (χ0) is 37.9. The van der Waals surface area contributed by atoms with Gasteiger partial charge < -0.3 is 8.83 Å². The monoisotopic (exact) mass is 736 g/mol. The first-order chi connectivity index (χ1) is 28.8. The molecule has 2 heterocycles. The summed E-state index contributed by atoms with van der Waals surface area (Å²) in [5.74, 6) is 0. The molecule has 0 fully saturated rings. The van der Waals surface area contributed by atoms with Gasteiger partial charge in [0, 0.05) is 27.1 Å². The van der Waals surface area contributed by atoms with Gasteiger partial charge in [-0.2, -0.15) is 0 Å². The van der Waals surface area contributed by atoms with E-state index in [1.807, 2.05) is 12.1 Å². The number of hydrogen-bond acceptors (Lipinski definition) is 2. The van der Waals surface area contributed by atoms with Gasteiger partial charge in [0.2, 0.25) is 0 Å². The van der Waals surface area contributed by atoms with Crippen molar-refractivity contribution in [2.45, 2.75) is 0 Å². The molecule has 0 aliphatic heterocycles. The molecule has 0 bridgehead atoms. The van der Waals surface area contributed by atoms with Gasteiger partial charge in [0.1, 0.15) is 22.3 Å². The number of furan rings is 2. The predicted molar refractivity (Wildman–Crippen MR) is 245 cm³/mol. The van der Waals surface area contributed by atoms with Gasteiger partial charge in [-0.3, -0.25) is 0 Å². The predicted octanol–water partition coefficient (Wildman–Crippen LogP) is 16.3. The van der Waals surface area contributed by atoms with E-state index in [0.717, 1.165) is 65.8 Å². The molecule has 11 aromatic carbocycles. The van der Waals surface area contributed by atoms with Crippen LogP contribution in [0, 0.1) is 0 Å². The average Bonchev–Trinajstić information content (AvgIpc) is 3.86. The Kier molecular flexibility index (Phi) is 6.47. The molecule has 0 radical (unpaired) electrons. The highest BCUT2D eigenvalue weighted by Gasteiger charge is 2.25. The lowest BCUT2D eigenvalue weighted by Gasteiger charge is -2.18. The van der Waals surface area contributed by atoms with Crippen molar-refractivity contribution < 1.29 is 8.83 Å². The van der Waals surface area contributed by atoms with Crippen molar-refractivity contribution in [1.29, 1.82) is 0 Å². The lowest BCUT2D eigenvalue weighted by Crippen LogP contribution is -1.92. The van der Waals surface area contributed by atoms with E-state index < -0.39 is 0 Å². The summed E-state index contributed by atoms with van der Waals surface area (Å²) in [7, 11) is 0. The molecule has 13 rings (SSSR count). The van der Waals surface area contributed by atoms with E-state index in [-0.39, 0.29) is 0 Å². The summed E-state index contributed by atoms with van der Waals surface area (Å²) in [6.45, 7) is 0. The van der Waals surface area contributed by atoms with Crippen molar-refractivity contribution in [3.05, 3.63) is 194 Å². The Morgan fingerprint density at radius 1 is 0.207 bits per heavy atom. The van der Waals surface area contributed by atoms with E-state index in [4.69, 9.17) is 8.83 Å². The molecule has 13 aromatic rings. The average molecular weight is 737 g/mol. The van der Waals surface area contributed by atoms with Gasteiger partial charge in [0.15, 0.2) is 0 Å². The van der Waals surface area contributed by atoms with Gasteiger partial charge in [-0.1, -0.05) is 170 Å². The summed E-state index contributed by atoms with van der Waals surface area (Å²) in [6, 6.07) is 70.2. The van der Waals surface area contributed by atoms with Crippen LogP contribution in [-0.4, -0.2) is 0 Å². The van der Waals surface area contributed by atoms with Crippen molar-refractivity contribution in [3.63, 3.8) is 0 Å². The minimum Gasteiger partial charge on any atom is -0.455 e. The van der Waals surface area contributed by atoms with Crippen LogP contribution < -0.4 is 0 Å². The molecule has 2 heteroatoms. The molecule has 0 saturated carbocycles. The quantitative estimate of drug-likeness (QED) is 0.133. The third-order valence-corrected chi connectivity index (χ3v) is 12.4. The fraction of sp³-hybridized carbons (Fsp3) is 0. The molecule has 0 atom stereocenters. The topological polar surface area (TPSA) is 26.3 Å². The van der Waals surface area contributed by atoms with Crippen LogP contribution in [0.25, 0.3) is 131 Å². The third kappa shape index (κ3) is 4.37. The molecular weight excluding hydrogens is 705 g/mol. The number of fused-ring (bicyclic) bond motifs is 14. The van der Waals surface area contributed by atoms with E-state index in [0.29, 0.717) is 0 Å². The van der Waals surface area contributed by atoms with Crippen LogP contribution in [0.1, 0.15) is 0 Å². The highest BCUT2D eigenvalue weighted by Crippen LogP contribution is 2.50. The molecule has 0 aliphatic carbocycles. The highest BCUT2D eigenvalue weighted by molar-refractivity contribution is 6.30. The summed E-state index contributed by atoms with van der Waals surface area (Å²) in [5.41, 5.74) is 10.3. The summed E-state index contributed by atoms with van der Waals surface area (Å²) in [6.07, 6.45) is 0. The molecule has 268 valence electrons. The standard InChI is InChI=1S/C56H32O2/c1-2-15-38-36(13-1)37-14-3-4-16-39(37)47-31-35(29-30-40(38)47)33-25-27-34(28-26-33)52-43-19-5-7-21-45(43)53(46-22-8-6-20-44(46)52)54-55-48(41-17-9-11-23-50(41)57-55)32-49-42-18-10-12-24-51(42)58-56(49)54/h1-32H. The molecule has 0 amide bonds. The third-order valence-electron chi connectivity index (χ3n) is 12.4. The van der Waals surface area contributed by atoms with E-state index >= 15 is 0 Å². The maximum absolute atomic E-state index is 6.82. The second kappa shape index (κ2) is 11.9. The van der Waals surface area contributed by atoms with Gasteiger partial charge in [-0.05, 0) is 100 Å². The smallest absolute Gasteiger partial charge is 0.147 e. The fourth-order valence-electron chi connectivity index (χ4n) is 9.89. The summed E-state index contributed by atoms with van der Waals surface area (Å²) in [4.78, 5) is 0. The molecule has 0 unspecified atom stereocenters. The fourth-order valence-corrected chi connectivity index (χ4v) is 9.89. The van der Waals surface area contributed by atoms with Crippen molar-refractivity contribution in [1.82, 2.24) is 0 Å². The van der Waals surface area contributed by atoms with Gasteiger partial charge >= 0.3 is 0 Å². The second-order valence-corrected chi connectivity index (χ2v) is 15.5. The molecule has 0 spiro atoms. The number of rotatable bonds is 3. The second-order valence-electron chi connectivity index (χ2n) is 15.5. The molecular formula is C56H32O2. The zero-order valence-corrected chi connectivity index (χ0v) is 31.3. The normalized spacial score (nSPS) is 12.1. The van der Waals surface area contributed by atoms with Crippen LogP contribution in [0.4, 0.5) is 0 Å². The molecule has 0 aliphatic rings. The first-order valence-electron chi connectivity index (χ1n) is 19.9. The van der Waals surface area contributed by atoms with Gasteiger partial charge in [0.05, 0.1) is 5.56 Å². The maximum atomic E-state index is 6.82. The van der Waals surface area contributed by atoms with Crippen molar-refractivity contribution in [3.8, 4) is 33.4 Å². The van der Waals surface area contributed by atoms with E-state index in [9.17, 15) is 0 Å². The van der Waals surface area contributed by atoms with E-state index in [1.165, 1.54) is 65.3 Å². The van der Waals surface area contributed by atoms with Gasteiger partial charge in [0.25, 0.3) is 0 Å². The van der Waals surface area contributed by atoms with Crippen LogP contribution in [-0.2, 0) is 0 Å². The molecule has 2 nitrogen and oxygen atoms in total. The SMILES string of the molecule is c1ccc2c(c1)oc1c(-c3c4ccccc4c(-c4ccc(-c5ccc6c7ccccc7c7ccccc7c6c5)cc4)c4ccccc34)c3oc4ccccc4c3cc12. The van der Waals surface area contributed by atoms with E-state index in [2.05, 4.69) is 182 Å². The number of hydrogen-bond donors (Lipinski definition) is 0.